The van der Waals surface area contributed by atoms with E-state index in [0.717, 1.165) is 0 Å². The number of allylic oxidation sites excluding steroid dienone is 1. The van der Waals surface area contributed by atoms with E-state index in [9.17, 15) is 0 Å². The van der Waals surface area contributed by atoms with Crippen molar-refractivity contribution in [3.63, 3.8) is 0 Å². The second-order valence-corrected chi connectivity index (χ2v) is 1.02. The fourth-order valence-corrected chi connectivity index (χ4v) is 0.192. The van der Waals surface area contributed by atoms with Gasteiger partial charge in [0, 0.05) is 12.4 Å². The van der Waals surface area contributed by atoms with Gasteiger partial charge in [-0.1, -0.05) is 6.08 Å². The molecule has 0 aromatic rings. The molecule has 0 aliphatic rings. The Kier molecular flexibility index (Phi) is 4.62. The first-order chi connectivity index (χ1) is 3.41. The molecular formula is C5H10N2. The van der Waals surface area contributed by atoms with Gasteiger partial charge in [-0.15, -0.1) is 0 Å². The van der Waals surface area contributed by atoms with Gasteiger partial charge in [0.15, 0.2) is 0 Å². The third-order valence-electron chi connectivity index (χ3n) is 0.445. The summed E-state index contributed by atoms with van der Waals surface area (Å²) in [5.74, 6) is 0. The Bertz CT molecular complexity index is 64.1. The van der Waals surface area contributed by atoms with Crippen LogP contribution in [0, 0.1) is 0 Å². The fraction of sp³-hybridized carbons (Fsp3) is 0.400. The Morgan fingerprint density at radius 1 is 1.43 bits per heavy atom. The Labute approximate surface area is 43.9 Å². The summed E-state index contributed by atoms with van der Waals surface area (Å²) in [6.45, 7) is 3.79. The second kappa shape index (κ2) is 5.21. The first kappa shape index (κ1) is 6.21. The predicted octanol–water partition coefficient (Wildman–Crippen LogP) is 1.12. The Balaban J connectivity index is 2.98. The van der Waals surface area contributed by atoms with Gasteiger partial charge in [0.05, 0.1) is 0 Å². The summed E-state index contributed by atoms with van der Waals surface area (Å²) in [6.07, 6.45) is 5.34. The zero-order chi connectivity index (χ0) is 5.54. The van der Waals surface area contributed by atoms with Crippen LogP contribution in [0.1, 0.15) is 13.8 Å². The van der Waals surface area contributed by atoms with Gasteiger partial charge in [-0.2, -0.15) is 5.10 Å². The van der Waals surface area contributed by atoms with Crippen LogP contribution in [0.2, 0.25) is 0 Å². The molecule has 0 rings (SSSR count). The fourth-order valence-electron chi connectivity index (χ4n) is 0.192. The highest BCUT2D eigenvalue weighted by Gasteiger charge is 1.55. The van der Waals surface area contributed by atoms with Crippen LogP contribution in [0.15, 0.2) is 17.4 Å². The van der Waals surface area contributed by atoms with E-state index in [-0.39, 0.29) is 0 Å². The lowest BCUT2D eigenvalue weighted by atomic mass is 10.7. The van der Waals surface area contributed by atoms with Gasteiger partial charge < -0.3 is 0 Å². The molecule has 0 saturated heterocycles. The van der Waals surface area contributed by atoms with Crippen molar-refractivity contribution in [1.29, 1.82) is 0 Å². The Morgan fingerprint density at radius 3 is 2.57 bits per heavy atom. The highest BCUT2D eigenvalue weighted by atomic mass is 15.3. The molecule has 0 aliphatic heterocycles. The lowest BCUT2D eigenvalue weighted by Crippen LogP contribution is -1.90. The molecule has 0 fully saturated rings. The van der Waals surface area contributed by atoms with E-state index in [4.69, 9.17) is 0 Å². The molecular weight excluding hydrogens is 88.1 g/mol. The van der Waals surface area contributed by atoms with E-state index in [0.29, 0.717) is 0 Å². The minimum absolute atomic E-state index is 1.69. The molecule has 0 aromatic carbocycles. The highest BCUT2D eigenvalue weighted by Crippen LogP contribution is 1.60. The zero-order valence-electron chi connectivity index (χ0n) is 4.68. The van der Waals surface area contributed by atoms with Crippen molar-refractivity contribution in [2.75, 3.05) is 0 Å². The number of nitrogens with one attached hydrogen (secondary N) is 1. The van der Waals surface area contributed by atoms with E-state index in [1.165, 1.54) is 0 Å². The van der Waals surface area contributed by atoms with Crippen molar-refractivity contribution >= 4 is 6.21 Å². The van der Waals surface area contributed by atoms with Gasteiger partial charge in [-0.3, -0.25) is 5.43 Å². The van der Waals surface area contributed by atoms with Crippen LogP contribution in [0.5, 0.6) is 0 Å². The summed E-state index contributed by atoms with van der Waals surface area (Å²) < 4.78 is 0. The molecule has 1 N–H and O–H groups in total. The monoisotopic (exact) mass is 98.1 g/mol. The minimum Gasteiger partial charge on any atom is -0.286 e. The van der Waals surface area contributed by atoms with Crippen LogP contribution in [-0.4, -0.2) is 6.21 Å². The Hall–Kier alpha value is -0.790. The van der Waals surface area contributed by atoms with Gasteiger partial charge in [-0.05, 0) is 13.8 Å². The molecule has 0 aromatic heterocycles. The van der Waals surface area contributed by atoms with Crippen molar-refractivity contribution < 1.29 is 0 Å². The molecule has 2 heteroatoms. The first-order valence-corrected chi connectivity index (χ1v) is 2.26. The summed E-state index contributed by atoms with van der Waals surface area (Å²) >= 11 is 0. The molecule has 0 radical (unpaired) electrons. The van der Waals surface area contributed by atoms with Gasteiger partial charge in [0.2, 0.25) is 0 Å². The number of hydrogen-bond donors (Lipinski definition) is 1. The average molecular weight is 98.1 g/mol. The normalized spacial score (nSPS) is 11.1. The van der Waals surface area contributed by atoms with Crippen LogP contribution < -0.4 is 5.43 Å². The lowest BCUT2D eigenvalue weighted by molar-refractivity contribution is 0.971. The van der Waals surface area contributed by atoms with Gasteiger partial charge in [0.25, 0.3) is 0 Å². The first-order valence-electron chi connectivity index (χ1n) is 2.26. The summed E-state index contributed by atoms with van der Waals surface area (Å²) in [6, 6.07) is 0. The molecule has 0 bridgehead atoms. The topological polar surface area (TPSA) is 24.4 Å². The van der Waals surface area contributed by atoms with Gasteiger partial charge in [0.1, 0.15) is 0 Å². The van der Waals surface area contributed by atoms with E-state index < -0.39 is 0 Å². The molecule has 0 aliphatic carbocycles. The second-order valence-electron chi connectivity index (χ2n) is 1.02. The maximum absolute atomic E-state index is 3.70. The van der Waals surface area contributed by atoms with Crippen molar-refractivity contribution in [3.05, 3.63) is 12.3 Å². The number of nitrogens with zero attached hydrogens (tertiary/aromatic N) is 1. The zero-order valence-corrected chi connectivity index (χ0v) is 4.68. The van der Waals surface area contributed by atoms with E-state index in [1.54, 1.807) is 12.4 Å². The van der Waals surface area contributed by atoms with E-state index in [2.05, 4.69) is 10.5 Å². The number of rotatable bonds is 2. The van der Waals surface area contributed by atoms with E-state index in [1.807, 2.05) is 19.9 Å². The van der Waals surface area contributed by atoms with Crippen LogP contribution >= 0.6 is 0 Å². The summed E-state index contributed by atoms with van der Waals surface area (Å²) in [5, 5.41) is 3.70. The molecule has 2 nitrogen and oxygen atoms in total. The largest absolute Gasteiger partial charge is 0.286 e. The van der Waals surface area contributed by atoms with Crippen LogP contribution in [0.25, 0.3) is 0 Å². The third-order valence-corrected chi connectivity index (χ3v) is 0.445. The molecule has 7 heavy (non-hydrogen) atoms. The molecule has 0 saturated carbocycles. The molecule has 0 unspecified atom stereocenters. The van der Waals surface area contributed by atoms with Crippen LogP contribution in [0.4, 0.5) is 0 Å². The minimum atomic E-state index is 1.69. The third kappa shape index (κ3) is 5.21. The van der Waals surface area contributed by atoms with Crippen molar-refractivity contribution in [2.45, 2.75) is 13.8 Å². The van der Waals surface area contributed by atoms with Crippen molar-refractivity contribution in [2.24, 2.45) is 5.10 Å². The van der Waals surface area contributed by atoms with Gasteiger partial charge in [-0.25, -0.2) is 0 Å². The summed E-state index contributed by atoms with van der Waals surface area (Å²) in [5.41, 5.74) is 2.67. The number of hydrazone groups is 1. The van der Waals surface area contributed by atoms with Crippen LogP contribution in [-0.2, 0) is 0 Å². The maximum atomic E-state index is 3.70. The predicted molar refractivity (Wildman–Crippen MR) is 32.1 cm³/mol. The van der Waals surface area contributed by atoms with Crippen molar-refractivity contribution in [1.82, 2.24) is 5.43 Å². The molecule has 0 atom stereocenters. The Morgan fingerprint density at radius 2 is 2.14 bits per heavy atom. The van der Waals surface area contributed by atoms with Crippen molar-refractivity contribution in [3.8, 4) is 0 Å². The van der Waals surface area contributed by atoms with E-state index >= 15 is 0 Å². The number of hydrogen-bond acceptors (Lipinski definition) is 2. The molecule has 40 valence electrons. The standard InChI is InChI=1S/C5H10N2/c1-3-5-7-6-4-2/h3-5,7H,1-2H3/b5-3?,6-4-. The van der Waals surface area contributed by atoms with Gasteiger partial charge >= 0.3 is 0 Å². The SMILES string of the molecule is CC=CN/N=C\C. The molecule has 0 spiro atoms. The molecule has 0 heterocycles. The van der Waals surface area contributed by atoms with Crippen LogP contribution in [0.3, 0.4) is 0 Å². The maximum Gasteiger partial charge on any atom is 0.0215 e. The summed E-state index contributed by atoms with van der Waals surface area (Å²) in [4.78, 5) is 0. The lowest BCUT2D eigenvalue weighted by Gasteiger charge is -1.81. The molecule has 0 amide bonds. The highest BCUT2D eigenvalue weighted by molar-refractivity contribution is 5.52. The quantitative estimate of drug-likeness (QED) is 0.406. The summed E-state index contributed by atoms with van der Waals surface area (Å²) in [7, 11) is 0. The average Bonchev–Trinajstić information content (AvgIpc) is 1.69. The smallest absolute Gasteiger partial charge is 0.0215 e.